The fourth-order valence-electron chi connectivity index (χ4n) is 4.54. The van der Waals surface area contributed by atoms with Crippen LogP contribution in [0.25, 0.3) is 0 Å². The van der Waals surface area contributed by atoms with Crippen molar-refractivity contribution in [2.45, 2.75) is 44.9 Å². The van der Waals surface area contributed by atoms with Crippen LogP contribution < -0.4 is 10.2 Å². The highest BCUT2D eigenvalue weighted by molar-refractivity contribution is 7.91. The Morgan fingerprint density at radius 3 is 2.53 bits per heavy atom. The number of morpholine rings is 1. The number of aromatic nitrogens is 1. The van der Waals surface area contributed by atoms with Crippen LogP contribution in [0.2, 0.25) is 0 Å². The lowest BCUT2D eigenvalue weighted by atomic mass is 10.1. The van der Waals surface area contributed by atoms with Gasteiger partial charge in [0.05, 0.1) is 41.5 Å². The zero-order chi connectivity index (χ0) is 21.5. The van der Waals surface area contributed by atoms with Crippen LogP contribution in [0.4, 0.5) is 11.5 Å². The molecule has 4 rings (SSSR count). The maximum absolute atomic E-state index is 12.7. The first-order chi connectivity index (χ1) is 14.2. The summed E-state index contributed by atoms with van der Waals surface area (Å²) in [7, 11) is -3.08. The van der Waals surface area contributed by atoms with Gasteiger partial charge in [0.2, 0.25) is 11.8 Å². The lowest BCUT2D eigenvalue weighted by Gasteiger charge is -2.36. The summed E-state index contributed by atoms with van der Waals surface area (Å²) >= 11 is 0. The van der Waals surface area contributed by atoms with Gasteiger partial charge in [-0.3, -0.25) is 9.59 Å². The van der Waals surface area contributed by atoms with Crippen molar-refractivity contribution in [3.63, 3.8) is 0 Å². The highest BCUT2D eigenvalue weighted by Gasteiger charge is 2.41. The molecule has 1 aromatic heterocycles. The fraction of sp³-hybridized carbons (Fsp3) is 0.650. The lowest BCUT2D eigenvalue weighted by molar-refractivity contribution is -0.129. The normalized spacial score (nSPS) is 31.2. The Morgan fingerprint density at radius 1 is 1.20 bits per heavy atom. The number of hydrogen-bond donors (Lipinski definition) is 1. The van der Waals surface area contributed by atoms with Crippen LogP contribution in [0.3, 0.4) is 0 Å². The molecule has 0 bridgehead atoms. The summed E-state index contributed by atoms with van der Waals surface area (Å²) in [5.41, 5.74) is 0.576. The molecule has 2 amide bonds. The van der Waals surface area contributed by atoms with E-state index < -0.39 is 15.8 Å². The highest BCUT2D eigenvalue weighted by atomic mass is 32.2. The molecule has 0 radical (unpaired) electrons. The number of anilines is 2. The number of nitrogens with one attached hydrogen (secondary N) is 1. The van der Waals surface area contributed by atoms with Gasteiger partial charge < -0.3 is 19.9 Å². The Bertz CT molecular complexity index is 910. The largest absolute Gasteiger partial charge is 0.372 e. The average molecular weight is 437 g/mol. The number of carbonyl (C=O) groups is 2. The second-order valence-corrected chi connectivity index (χ2v) is 10.8. The van der Waals surface area contributed by atoms with E-state index in [-0.39, 0.29) is 54.5 Å². The lowest BCUT2D eigenvalue weighted by Crippen LogP contribution is -2.45. The van der Waals surface area contributed by atoms with Gasteiger partial charge in [-0.15, -0.1) is 0 Å². The van der Waals surface area contributed by atoms with Crippen molar-refractivity contribution in [3.8, 4) is 0 Å². The van der Waals surface area contributed by atoms with Crippen molar-refractivity contribution in [1.82, 2.24) is 9.88 Å². The molecule has 3 fully saturated rings. The SMILES string of the molecule is C[C@@H]1CN(c2ccc(NC(=O)[C@@H]3CC(=O)N([C@H]4CCS(=O)(=O)C4)C3)cn2)C[C@@H](C)O1. The van der Waals surface area contributed by atoms with E-state index in [0.717, 1.165) is 18.9 Å². The predicted octanol–water partition coefficient (Wildman–Crippen LogP) is 0.669. The van der Waals surface area contributed by atoms with Gasteiger partial charge in [-0.1, -0.05) is 0 Å². The number of pyridine rings is 1. The second kappa shape index (κ2) is 8.14. The fourth-order valence-corrected chi connectivity index (χ4v) is 6.27. The van der Waals surface area contributed by atoms with Crippen molar-refractivity contribution >= 4 is 33.2 Å². The molecule has 3 aliphatic heterocycles. The third kappa shape index (κ3) is 4.59. The van der Waals surface area contributed by atoms with Gasteiger partial charge in [-0.2, -0.15) is 0 Å². The molecule has 9 nitrogen and oxygen atoms in total. The van der Waals surface area contributed by atoms with E-state index in [1.807, 2.05) is 26.0 Å². The van der Waals surface area contributed by atoms with Gasteiger partial charge in [0.1, 0.15) is 5.82 Å². The summed E-state index contributed by atoms with van der Waals surface area (Å²) in [5, 5.41) is 2.84. The van der Waals surface area contributed by atoms with Crippen molar-refractivity contribution in [3.05, 3.63) is 18.3 Å². The first kappa shape index (κ1) is 21.0. The minimum Gasteiger partial charge on any atom is -0.372 e. The monoisotopic (exact) mass is 436 g/mol. The van der Waals surface area contributed by atoms with Gasteiger partial charge >= 0.3 is 0 Å². The summed E-state index contributed by atoms with van der Waals surface area (Å²) in [6.45, 7) is 5.86. The molecule has 30 heavy (non-hydrogen) atoms. The molecule has 3 saturated heterocycles. The van der Waals surface area contributed by atoms with Gasteiger partial charge in [0.25, 0.3) is 0 Å². The molecule has 0 aromatic carbocycles. The van der Waals surface area contributed by atoms with Crippen LogP contribution in [0, 0.1) is 5.92 Å². The van der Waals surface area contributed by atoms with Crippen LogP contribution in [-0.4, -0.2) is 79.5 Å². The summed E-state index contributed by atoms with van der Waals surface area (Å²) in [5.74, 6) is 0.0612. The van der Waals surface area contributed by atoms with E-state index in [9.17, 15) is 18.0 Å². The molecule has 1 aromatic rings. The van der Waals surface area contributed by atoms with Crippen LogP contribution >= 0.6 is 0 Å². The Hall–Kier alpha value is -2.20. The molecule has 0 unspecified atom stereocenters. The second-order valence-electron chi connectivity index (χ2n) is 8.56. The van der Waals surface area contributed by atoms with Gasteiger partial charge in [-0.25, -0.2) is 13.4 Å². The maximum atomic E-state index is 12.7. The molecular weight excluding hydrogens is 408 g/mol. The summed E-state index contributed by atoms with van der Waals surface area (Å²) in [4.78, 5) is 33.2. The van der Waals surface area contributed by atoms with Gasteiger partial charge in [0, 0.05) is 32.1 Å². The highest BCUT2D eigenvalue weighted by Crippen LogP contribution is 2.27. The van der Waals surface area contributed by atoms with Crippen LogP contribution in [0.1, 0.15) is 26.7 Å². The Labute approximate surface area is 176 Å². The number of rotatable bonds is 4. The van der Waals surface area contributed by atoms with Crippen molar-refractivity contribution < 1.29 is 22.7 Å². The number of amides is 2. The minimum absolute atomic E-state index is 0.00274. The van der Waals surface area contributed by atoms with Gasteiger partial charge in [-0.05, 0) is 32.4 Å². The third-order valence-electron chi connectivity index (χ3n) is 5.94. The summed E-state index contributed by atoms with van der Waals surface area (Å²) < 4.78 is 29.2. The van der Waals surface area contributed by atoms with Crippen molar-refractivity contribution in [2.75, 3.05) is 41.4 Å². The molecular formula is C20H28N4O5S. The van der Waals surface area contributed by atoms with E-state index in [4.69, 9.17) is 4.74 Å². The average Bonchev–Trinajstić information content (AvgIpc) is 3.23. The number of hydrogen-bond acceptors (Lipinski definition) is 7. The van der Waals surface area contributed by atoms with E-state index in [1.54, 1.807) is 11.1 Å². The predicted molar refractivity (Wildman–Crippen MR) is 112 cm³/mol. The van der Waals surface area contributed by atoms with Crippen LogP contribution in [0.5, 0.6) is 0 Å². The molecule has 3 aliphatic rings. The maximum Gasteiger partial charge on any atom is 0.229 e. The quantitative estimate of drug-likeness (QED) is 0.739. The Morgan fingerprint density at radius 2 is 1.93 bits per heavy atom. The topological polar surface area (TPSA) is 109 Å². The summed E-state index contributed by atoms with van der Waals surface area (Å²) in [6, 6.07) is 3.37. The first-order valence-electron chi connectivity index (χ1n) is 10.4. The number of nitrogens with zero attached hydrogens (tertiary/aromatic N) is 3. The molecule has 0 aliphatic carbocycles. The zero-order valence-corrected chi connectivity index (χ0v) is 18.1. The van der Waals surface area contributed by atoms with E-state index in [2.05, 4.69) is 15.2 Å². The summed E-state index contributed by atoms with van der Waals surface area (Å²) in [6.07, 6.45) is 2.44. The van der Waals surface area contributed by atoms with E-state index in [0.29, 0.717) is 12.1 Å². The van der Waals surface area contributed by atoms with Crippen molar-refractivity contribution in [1.29, 1.82) is 0 Å². The molecule has 4 heterocycles. The number of ether oxygens (including phenoxy) is 1. The zero-order valence-electron chi connectivity index (χ0n) is 17.3. The number of carbonyl (C=O) groups excluding carboxylic acids is 2. The molecule has 1 N–H and O–H groups in total. The van der Waals surface area contributed by atoms with Crippen LogP contribution in [0.15, 0.2) is 18.3 Å². The number of likely N-dealkylation sites (tertiary alicyclic amines) is 1. The third-order valence-corrected chi connectivity index (χ3v) is 7.69. The van der Waals surface area contributed by atoms with E-state index >= 15 is 0 Å². The minimum atomic E-state index is -3.08. The molecule has 4 atom stereocenters. The number of sulfone groups is 1. The molecule has 164 valence electrons. The Balaban J connectivity index is 1.34. The molecule has 10 heteroatoms. The first-order valence-corrected chi connectivity index (χ1v) is 12.2. The molecule has 0 saturated carbocycles. The Kier molecular flexibility index (Phi) is 5.71. The molecule has 0 spiro atoms. The van der Waals surface area contributed by atoms with Crippen LogP contribution in [-0.2, 0) is 24.2 Å². The van der Waals surface area contributed by atoms with E-state index in [1.165, 1.54) is 0 Å². The van der Waals surface area contributed by atoms with Crippen molar-refractivity contribution in [2.24, 2.45) is 5.92 Å². The van der Waals surface area contributed by atoms with Gasteiger partial charge in [0.15, 0.2) is 9.84 Å². The smallest absolute Gasteiger partial charge is 0.229 e. The standard InChI is InChI=1S/C20H28N4O5S/c1-13-9-23(10-14(2)29-13)18-4-3-16(8-21-18)22-20(26)15-7-19(25)24(11-15)17-5-6-30(27,28)12-17/h3-4,8,13-15,17H,5-7,9-12H2,1-2H3,(H,22,26)/t13-,14-,15-,17+/m1/s1.